The molecule has 0 radical (unpaired) electrons. The van der Waals surface area contributed by atoms with Crippen molar-refractivity contribution in [3.05, 3.63) is 29.6 Å². The van der Waals surface area contributed by atoms with Gasteiger partial charge in [-0.1, -0.05) is 6.92 Å². The molecule has 1 aliphatic rings. The number of carbonyl (C=O) groups excluding carboxylic acids is 2. The van der Waals surface area contributed by atoms with Crippen LogP contribution in [0, 0.1) is 0 Å². The number of fused-ring (bicyclic) bond motifs is 1. The number of pyridine rings is 1. The Balaban J connectivity index is 2.00. The van der Waals surface area contributed by atoms with E-state index in [1.807, 2.05) is 39.5 Å². The van der Waals surface area contributed by atoms with E-state index in [-0.39, 0.29) is 18.4 Å². The SMILES string of the molecule is CCc1nc2ccc(C(=O)N3CCCCC3)cn2c1N(CC)CC(=O)N(C)C. The molecule has 152 valence electrons. The van der Waals surface area contributed by atoms with E-state index in [0.29, 0.717) is 12.1 Å². The van der Waals surface area contributed by atoms with E-state index in [1.165, 1.54) is 6.42 Å². The summed E-state index contributed by atoms with van der Waals surface area (Å²) in [5.41, 5.74) is 2.42. The molecule has 0 atom stereocenters. The van der Waals surface area contributed by atoms with Gasteiger partial charge in [0.15, 0.2) is 0 Å². The summed E-state index contributed by atoms with van der Waals surface area (Å²) >= 11 is 0. The smallest absolute Gasteiger partial charge is 0.255 e. The lowest BCUT2D eigenvalue weighted by Gasteiger charge is -2.27. The number of rotatable bonds is 6. The van der Waals surface area contributed by atoms with E-state index in [9.17, 15) is 9.59 Å². The number of nitrogens with zero attached hydrogens (tertiary/aromatic N) is 5. The zero-order valence-corrected chi connectivity index (χ0v) is 17.4. The van der Waals surface area contributed by atoms with Crippen molar-refractivity contribution in [2.75, 3.05) is 45.2 Å². The number of piperidine rings is 1. The van der Waals surface area contributed by atoms with Crippen LogP contribution < -0.4 is 4.90 Å². The highest BCUT2D eigenvalue weighted by molar-refractivity contribution is 5.94. The van der Waals surface area contributed by atoms with Gasteiger partial charge in [0.05, 0.1) is 17.8 Å². The highest BCUT2D eigenvalue weighted by Crippen LogP contribution is 2.25. The molecule has 0 aromatic carbocycles. The predicted octanol–water partition coefficient (Wildman–Crippen LogP) is 2.44. The third-order valence-electron chi connectivity index (χ3n) is 5.39. The summed E-state index contributed by atoms with van der Waals surface area (Å²) < 4.78 is 1.97. The van der Waals surface area contributed by atoms with Crippen LogP contribution in [0.1, 0.15) is 49.2 Å². The molecule has 1 saturated heterocycles. The lowest BCUT2D eigenvalue weighted by molar-refractivity contribution is -0.127. The Morgan fingerprint density at radius 1 is 1.11 bits per heavy atom. The Bertz CT molecular complexity index is 852. The van der Waals surface area contributed by atoms with Gasteiger partial charge in [0.1, 0.15) is 11.5 Å². The van der Waals surface area contributed by atoms with Crippen molar-refractivity contribution in [2.24, 2.45) is 0 Å². The van der Waals surface area contributed by atoms with Crippen LogP contribution in [0.15, 0.2) is 18.3 Å². The fraction of sp³-hybridized carbons (Fsp3) is 0.571. The Hall–Kier alpha value is -2.57. The molecule has 1 aliphatic heterocycles. The minimum absolute atomic E-state index is 0.0411. The van der Waals surface area contributed by atoms with Crippen LogP contribution in [-0.2, 0) is 11.2 Å². The van der Waals surface area contributed by atoms with Crippen molar-refractivity contribution in [1.29, 1.82) is 0 Å². The lowest BCUT2D eigenvalue weighted by atomic mass is 10.1. The van der Waals surface area contributed by atoms with Gasteiger partial charge in [-0.25, -0.2) is 4.98 Å². The van der Waals surface area contributed by atoms with Gasteiger partial charge < -0.3 is 14.7 Å². The molecule has 0 saturated carbocycles. The van der Waals surface area contributed by atoms with E-state index >= 15 is 0 Å². The van der Waals surface area contributed by atoms with Crippen LogP contribution in [0.5, 0.6) is 0 Å². The largest absolute Gasteiger partial charge is 0.347 e. The maximum absolute atomic E-state index is 13.0. The zero-order chi connectivity index (χ0) is 20.3. The molecule has 7 heteroatoms. The lowest BCUT2D eigenvalue weighted by Crippen LogP contribution is -2.37. The first-order valence-electron chi connectivity index (χ1n) is 10.2. The first-order valence-corrected chi connectivity index (χ1v) is 10.2. The maximum Gasteiger partial charge on any atom is 0.255 e. The quantitative estimate of drug-likeness (QED) is 0.766. The number of anilines is 1. The van der Waals surface area contributed by atoms with Gasteiger partial charge in [0.2, 0.25) is 5.91 Å². The van der Waals surface area contributed by atoms with E-state index < -0.39 is 0 Å². The van der Waals surface area contributed by atoms with Gasteiger partial charge in [-0.2, -0.15) is 0 Å². The molecule has 1 fully saturated rings. The van der Waals surface area contributed by atoms with Gasteiger partial charge in [-0.3, -0.25) is 14.0 Å². The van der Waals surface area contributed by atoms with Crippen molar-refractivity contribution in [3.8, 4) is 0 Å². The normalized spacial score (nSPS) is 14.4. The number of aryl methyl sites for hydroxylation is 1. The zero-order valence-electron chi connectivity index (χ0n) is 17.4. The summed E-state index contributed by atoms with van der Waals surface area (Å²) in [5, 5.41) is 0. The number of carbonyl (C=O) groups is 2. The highest BCUT2D eigenvalue weighted by Gasteiger charge is 2.22. The highest BCUT2D eigenvalue weighted by atomic mass is 16.2. The monoisotopic (exact) mass is 385 g/mol. The van der Waals surface area contributed by atoms with E-state index in [1.54, 1.807) is 19.0 Å². The van der Waals surface area contributed by atoms with Crippen molar-refractivity contribution in [2.45, 2.75) is 39.5 Å². The second-order valence-electron chi connectivity index (χ2n) is 7.54. The van der Waals surface area contributed by atoms with Gasteiger partial charge in [0.25, 0.3) is 5.91 Å². The summed E-state index contributed by atoms with van der Waals surface area (Å²) in [6.45, 7) is 6.72. The van der Waals surface area contributed by atoms with Crippen molar-refractivity contribution >= 4 is 23.3 Å². The average Bonchev–Trinajstić information content (AvgIpc) is 3.09. The van der Waals surface area contributed by atoms with Gasteiger partial charge >= 0.3 is 0 Å². The molecule has 0 spiro atoms. The molecule has 7 nitrogen and oxygen atoms in total. The summed E-state index contributed by atoms with van der Waals surface area (Å²) in [5.74, 6) is 1.02. The second-order valence-corrected chi connectivity index (χ2v) is 7.54. The molecule has 2 aromatic heterocycles. The molecule has 3 rings (SSSR count). The van der Waals surface area contributed by atoms with E-state index in [4.69, 9.17) is 4.98 Å². The summed E-state index contributed by atoms with van der Waals surface area (Å²) in [4.78, 5) is 35.6. The minimum atomic E-state index is 0.0411. The van der Waals surface area contributed by atoms with Crippen LogP contribution in [0.25, 0.3) is 5.65 Å². The summed E-state index contributed by atoms with van der Waals surface area (Å²) in [6, 6.07) is 3.77. The molecule has 2 amide bonds. The summed E-state index contributed by atoms with van der Waals surface area (Å²) in [7, 11) is 3.53. The third-order valence-corrected chi connectivity index (χ3v) is 5.39. The molecule has 0 aliphatic carbocycles. The molecule has 0 bridgehead atoms. The molecule has 3 heterocycles. The fourth-order valence-corrected chi connectivity index (χ4v) is 3.70. The van der Waals surface area contributed by atoms with Crippen LogP contribution in [0.4, 0.5) is 5.82 Å². The van der Waals surface area contributed by atoms with Gasteiger partial charge in [0, 0.05) is 39.9 Å². The van der Waals surface area contributed by atoms with Crippen LogP contribution in [0.2, 0.25) is 0 Å². The molecule has 2 aromatic rings. The Morgan fingerprint density at radius 2 is 1.82 bits per heavy atom. The molecular formula is C21H31N5O2. The standard InChI is InChI=1S/C21H31N5O2/c1-5-17-20(24(6-2)15-19(27)23(3)4)26-14-16(10-11-18(26)22-17)21(28)25-12-8-7-9-13-25/h10-11,14H,5-9,12-13,15H2,1-4H3. The van der Waals surface area contributed by atoms with Crippen molar-refractivity contribution in [1.82, 2.24) is 19.2 Å². The second kappa shape index (κ2) is 8.63. The van der Waals surface area contributed by atoms with Crippen molar-refractivity contribution in [3.63, 3.8) is 0 Å². The molecule has 0 unspecified atom stereocenters. The number of likely N-dealkylation sites (tertiary alicyclic amines) is 1. The number of imidazole rings is 1. The topological polar surface area (TPSA) is 61.2 Å². The predicted molar refractivity (Wildman–Crippen MR) is 111 cm³/mol. The van der Waals surface area contributed by atoms with Crippen LogP contribution >= 0.6 is 0 Å². The van der Waals surface area contributed by atoms with Gasteiger partial charge in [-0.15, -0.1) is 0 Å². The fourth-order valence-electron chi connectivity index (χ4n) is 3.70. The van der Waals surface area contributed by atoms with Crippen molar-refractivity contribution < 1.29 is 9.59 Å². The number of hydrogen-bond acceptors (Lipinski definition) is 4. The first-order chi connectivity index (χ1) is 13.5. The maximum atomic E-state index is 13.0. The van der Waals surface area contributed by atoms with Crippen LogP contribution in [-0.4, -0.2) is 71.3 Å². The number of amides is 2. The molecular weight excluding hydrogens is 354 g/mol. The van der Waals surface area contributed by atoms with Crippen LogP contribution in [0.3, 0.4) is 0 Å². The minimum Gasteiger partial charge on any atom is -0.347 e. The average molecular weight is 386 g/mol. The Kier molecular flexibility index (Phi) is 6.21. The molecule has 0 N–H and O–H groups in total. The Morgan fingerprint density at radius 3 is 2.43 bits per heavy atom. The van der Waals surface area contributed by atoms with E-state index in [0.717, 1.165) is 49.5 Å². The third kappa shape index (κ3) is 3.98. The molecule has 28 heavy (non-hydrogen) atoms. The Labute approximate surface area is 166 Å². The van der Waals surface area contributed by atoms with E-state index in [2.05, 4.69) is 6.92 Å². The number of hydrogen-bond donors (Lipinski definition) is 0. The summed E-state index contributed by atoms with van der Waals surface area (Å²) in [6.07, 6.45) is 5.98. The number of likely N-dealkylation sites (N-methyl/N-ethyl adjacent to an activating group) is 2. The number of aromatic nitrogens is 2. The first kappa shape index (κ1) is 20.2. The van der Waals surface area contributed by atoms with Gasteiger partial charge in [-0.05, 0) is 44.7 Å².